The predicted octanol–water partition coefficient (Wildman–Crippen LogP) is 3.82. The number of rotatable bonds is 0. The van der Waals surface area contributed by atoms with Gasteiger partial charge in [0.1, 0.15) is 0 Å². The van der Waals surface area contributed by atoms with E-state index in [2.05, 4.69) is 20.8 Å². The summed E-state index contributed by atoms with van der Waals surface area (Å²) >= 11 is 0. The highest BCUT2D eigenvalue weighted by molar-refractivity contribution is 5.11. The molecule has 4 aliphatic rings. The van der Waals surface area contributed by atoms with Gasteiger partial charge in [-0.3, -0.25) is 0 Å². The summed E-state index contributed by atoms with van der Waals surface area (Å²) in [5.41, 5.74) is 1.80. The Morgan fingerprint density at radius 3 is 1.85 bits per heavy atom. The van der Waals surface area contributed by atoms with Gasteiger partial charge in [-0.15, -0.1) is 0 Å². The van der Waals surface area contributed by atoms with Crippen molar-refractivity contribution >= 4 is 0 Å². The van der Waals surface area contributed by atoms with Crippen molar-refractivity contribution in [2.75, 3.05) is 0 Å². The van der Waals surface area contributed by atoms with Crippen LogP contribution in [0.4, 0.5) is 0 Å². The third-order valence-corrected chi connectivity index (χ3v) is 4.74. The van der Waals surface area contributed by atoms with Gasteiger partial charge in [0.25, 0.3) is 0 Å². The van der Waals surface area contributed by atoms with Crippen LogP contribution < -0.4 is 0 Å². The molecule has 13 heavy (non-hydrogen) atoms. The van der Waals surface area contributed by atoms with Crippen molar-refractivity contribution in [3.63, 3.8) is 0 Å². The Bertz CT molecular complexity index is 202. The minimum absolute atomic E-state index is 0.475. The Balaban J connectivity index is 2.03. The molecule has 4 bridgehead atoms. The molecule has 4 rings (SSSR count). The van der Waals surface area contributed by atoms with Gasteiger partial charge in [-0.2, -0.15) is 0 Å². The lowest BCUT2D eigenvalue weighted by Gasteiger charge is -2.64. The molecule has 0 N–H and O–H groups in total. The highest BCUT2D eigenvalue weighted by Gasteiger charge is 2.58. The fraction of sp³-hybridized carbons (Fsp3) is 0.923. The maximum absolute atomic E-state index is 4.52. The molecule has 0 spiro atoms. The lowest BCUT2D eigenvalue weighted by atomic mass is 9.41. The van der Waals surface area contributed by atoms with Gasteiger partial charge in [0, 0.05) is 0 Å². The molecule has 73 valence electrons. The standard InChI is InChI=1S/C13H21/c1-11-4-10-5-12(2,7-11)9-13(3,6-10)8-11/h10H,1,4-9H2,2-3H3. The summed E-state index contributed by atoms with van der Waals surface area (Å²) in [7, 11) is 0. The first-order chi connectivity index (χ1) is 5.91. The third-order valence-electron chi connectivity index (χ3n) is 4.74. The largest absolute Gasteiger partial charge is 0.0596 e. The van der Waals surface area contributed by atoms with Gasteiger partial charge in [-0.05, 0) is 67.6 Å². The molecule has 0 saturated heterocycles. The van der Waals surface area contributed by atoms with E-state index < -0.39 is 0 Å². The topological polar surface area (TPSA) is 0 Å². The van der Waals surface area contributed by atoms with Gasteiger partial charge in [0.15, 0.2) is 0 Å². The summed E-state index contributed by atoms with van der Waals surface area (Å²) in [5.74, 6) is 1.02. The Labute approximate surface area is 82.1 Å². The van der Waals surface area contributed by atoms with E-state index in [0.717, 1.165) is 5.92 Å². The van der Waals surface area contributed by atoms with Gasteiger partial charge in [-0.1, -0.05) is 13.8 Å². The van der Waals surface area contributed by atoms with Crippen LogP contribution in [0.15, 0.2) is 0 Å². The molecule has 0 aromatic carbocycles. The van der Waals surface area contributed by atoms with Crippen LogP contribution in [0.1, 0.15) is 52.4 Å². The van der Waals surface area contributed by atoms with Crippen molar-refractivity contribution in [2.45, 2.75) is 52.4 Å². The van der Waals surface area contributed by atoms with E-state index in [9.17, 15) is 0 Å². The number of hydrogen-bond acceptors (Lipinski definition) is 0. The van der Waals surface area contributed by atoms with E-state index >= 15 is 0 Å². The minimum atomic E-state index is 0.475. The summed E-state index contributed by atoms with van der Waals surface area (Å²) in [5, 5.41) is 0. The molecule has 4 saturated carbocycles. The average molecular weight is 177 g/mol. The molecule has 0 nitrogen and oxygen atoms in total. The second-order valence-corrected chi connectivity index (χ2v) is 7.13. The molecule has 0 amide bonds. The van der Waals surface area contributed by atoms with E-state index in [0.29, 0.717) is 16.2 Å². The monoisotopic (exact) mass is 177 g/mol. The average Bonchev–Trinajstić information content (AvgIpc) is 1.71. The van der Waals surface area contributed by atoms with Crippen LogP contribution in [-0.2, 0) is 0 Å². The molecule has 4 fully saturated rings. The van der Waals surface area contributed by atoms with E-state index in [1.165, 1.54) is 38.5 Å². The molecule has 0 aromatic rings. The fourth-order valence-electron chi connectivity index (χ4n) is 5.68. The molecular formula is C13H21. The van der Waals surface area contributed by atoms with Crippen molar-refractivity contribution < 1.29 is 0 Å². The minimum Gasteiger partial charge on any atom is -0.0596 e. The van der Waals surface area contributed by atoms with Crippen LogP contribution in [0.2, 0.25) is 0 Å². The van der Waals surface area contributed by atoms with E-state index in [1.807, 2.05) is 0 Å². The van der Waals surface area contributed by atoms with Gasteiger partial charge >= 0.3 is 0 Å². The van der Waals surface area contributed by atoms with E-state index in [4.69, 9.17) is 0 Å². The van der Waals surface area contributed by atoms with Gasteiger partial charge < -0.3 is 0 Å². The first kappa shape index (κ1) is 8.32. The van der Waals surface area contributed by atoms with Crippen LogP contribution in [0.5, 0.6) is 0 Å². The molecule has 2 atom stereocenters. The Morgan fingerprint density at radius 2 is 1.46 bits per heavy atom. The van der Waals surface area contributed by atoms with E-state index in [1.54, 1.807) is 0 Å². The predicted molar refractivity (Wildman–Crippen MR) is 55.2 cm³/mol. The maximum Gasteiger partial charge on any atom is -0.0284 e. The zero-order valence-electron chi connectivity index (χ0n) is 9.03. The molecule has 0 heteroatoms. The first-order valence-corrected chi connectivity index (χ1v) is 5.76. The van der Waals surface area contributed by atoms with Crippen LogP contribution in [0.25, 0.3) is 0 Å². The summed E-state index contributed by atoms with van der Waals surface area (Å²) in [6, 6.07) is 0. The second kappa shape index (κ2) is 1.99. The van der Waals surface area contributed by atoms with Crippen LogP contribution >= 0.6 is 0 Å². The molecule has 0 aromatic heterocycles. The molecule has 4 aliphatic carbocycles. The Kier molecular flexibility index (Phi) is 1.27. The van der Waals surface area contributed by atoms with Crippen molar-refractivity contribution in [1.82, 2.24) is 0 Å². The summed E-state index contributed by atoms with van der Waals surface area (Å²) in [6.07, 6.45) is 8.73. The Morgan fingerprint density at radius 1 is 0.923 bits per heavy atom. The smallest absolute Gasteiger partial charge is 0.0284 e. The third kappa shape index (κ3) is 1.10. The van der Waals surface area contributed by atoms with Gasteiger partial charge in [-0.25, -0.2) is 0 Å². The summed E-state index contributed by atoms with van der Waals surface area (Å²) < 4.78 is 0. The summed E-state index contributed by atoms with van der Waals surface area (Å²) in [6.45, 7) is 9.54. The molecular weight excluding hydrogens is 156 g/mol. The molecule has 2 unspecified atom stereocenters. The molecule has 0 heterocycles. The lowest BCUT2D eigenvalue weighted by Crippen LogP contribution is -2.53. The normalized spacial score (nSPS) is 64.4. The van der Waals surface area contributed by atoms with Gasteiger partial charge in [0.05, 0.1) is 0 Å². The van der Waals surface area contributed by atoms with Crippen molar-refractivity contribution in [2.24, 2.45) is 22.2 Å². The summed E-state index contributed by atoms with van der Waals surface area (Å²) in [4.78, 5) is 0. The van der Waals surface area contributed by atoms with Crippen LogP contribution in [0, 0.1) is 29.1 Å². The van der Waals surface area contributed by atoms with Crippen molar-refractivity contribution in [3.05, 3.63) is 6.92 Å². The highest BCUT2D eigenvalue weighted by atomic mass is 14.6. The van der Waals surface area contributed by atoms with Gasteiger partial charge in [0.2, 0.25) is 0 Å². The van der Waals surface area contributed by atoms with Crippen LogP contribution in [0.3, 0.4) is 0 Å². The fourth-order valence-corrected chi connectivity index (χ4v) is 5.68. The molecule has 1 radical (unpaired) electrons. The van der Waals surface area contributed by atoms with E-state index in [-0.39, 0.29) is 0 Å². The SMILES string of the molecule is [CH2]C12CC3CC(C)(C1)CC(C)(C3)C2. The zero-order valence-corrected chi connectivity index (χ0v) is 9.03. The van der Waals surface area contributed by atoms with Crippen molar-refractivity contribution in [1.29, 1.82) is 0 Å². The zero-order chi connectivity index (χ0) is 9.32. The first-order valence-electron chi connectivity index (χ1n) is 5.76. The quantitative estimate of drug-likeness (QED) is 0.527. The lowest BCUT2D eigenvalue weighted by molar-refractivity contribution is -0.125. The maximum atomic E-state index is 4.52. The second-order valence-electron chi connectivity index (χ2n) is 7.13. The van der Waals surface area contributed by atoms with Crippen molar-refractivity contribution in [3.8, 4) is 0 Å². The number of hydrogen-bond donors (Lipinski definition) is 0. The van der Waals surface area contributed by atoms with Crippen LogP contribution in [-0.4, -0.2) is 0 Å². The Hall–Kier alpha value is 0. The molecule has 0 aliphatic heterocycles. The highest BCUT2D eigenvalue weighted by Crippen LogP contribution is 2.69.